The maximum Gasteiger partial charge on any atom is 0.177 e. The molecule has 0 saturated carbocycles. The summed E-state index contributed by atoms with van der Waals surface area (Å²) in [5.41, 5.74) is -0.0401. The van der Waals surface area contributed by atoms with Crippen molar-refractivity contribution in [2.24, 2.45) is 0 Å². The molecule has 0 heterocycles. The van der Waals surface area contributed by atoms with E-state index in [1.54, 1.807) is 0 Å². The van der Waals surface area contributed by atoms with Crippen LogP contribution in [0.15, 0.2) is 0 Å². The third-order valence-corrected chi connectivity index (χ3v) is 1.86. The fourth-order valence-electron chi connectivity index (χ4n) is 0.938. The van der Waals surface area contributed by atoms with Gasteiger partial charge in [-0.05, 0) is 33.2 Å². The molecule has 2 nitrogen and oxygen atoms in total. The molecule has 2 radical (unpaired) electrons. The molecular formula is C9H20BNO. The SMILES string of the molecule is [B]NCCC(C)(C)OCCCC. The lowest BCUT2D eigenvalue weighted by molar-refractivity contribution is -0.0233. The smallest absolute Gasteiger partial charge is 0.177 e. The van der Waals surface area contributed by atoms with Gasteiger partial charge in [-0.15, -0.1) is 0 Å². The Morgan fingerprint density at radius 2 is 2.08 bits per heavy atom. The Kier molecular flexibility index (Phi) is 6.49. The Hall–Kier alpha value is -0.0151. The van der Waals surface area contributed by atoms with Crippen molar-refractivity contribution >= 4 is 7.98 Å². The minimum absolute atomic E-state index is 0.0401. The first kappa shape index (κ1) is 12.0. The van der Waals surface area contributed by atoms with Crippen molar-refractivity contribution in [3.05, 3.63) is 0 Å². The molecule has 0 aromatic heterocycles. The highest BCUT2D eigenvalue weighted by Crippen LogP contribution is 2.13. The van der Waals surface area contributed by atoms with Gasteiger partial charge in [0.2, 0.25) is 0 Å². The van der Waals surface area contributed by atoms with Crippen LogP contribution in [0.2, 0.25) is 0 Å². The van der Waals surface area contributed by atoms with Crippen molar-refractivity contribution in [3.8, 4) is 0 Å². The number of unbranched alkanes of at least 4 members (excludes halogenated alkanes) is 1. The summed E-state index contributed by atoms with van der Waals surface area (Å²) in [6, 6.07) is 0. The van der Waals surface area contributed by atoms with E-state index < -0.39 is 0 Å². The van der Waals surface area contributed by atoms with Crippen LogP contribution in [0, 0.1) is 0 Å². The number of ether oxygens (including phenoxy) is 1. The molecular weight excluding hydrogens is 149 g/mol. The Morgan fingerprint density at radius 1 is 1.42 bits per heavy atom. The summed E-state index contributed by atoms with van der Waals surface area (Å²) in [7, 11) is 5.18. The van der Waals surface area contributed by atoms with Gasteiger partial charge in [0.1, 0.15) is 0 Å². The molecule has 0 aromatic carbocycles. The van der Waals surface area contributed by atoms with Gasteiger partial charge in [-0.3, -0.25) is 0 Å². The van der Waals surface area contributed by atoms with E-state index in [4.69, 9.17) is 12.7 Å². The number of nitrogens with one attached hydrogen (secondary N) is 1. The second-order valence-electron chi connectivity index (χ2n) is 3.67. The highest BCUT2D eigenvalue weighted by Gasteiger charge is 2.16. The topological polar surface area (TPSA) is 21.3 Å². The van der Waals surface area contributed by atoms with Gasteiger partial charge >= 0.3 is 0 Å². The fourth-order valence-corrected chi connectivity index (χ4v) is 0.938. The van der Waals surface area contributed by atoms with Crippen LogP contribution in [0.3, 0.4) is 0 Å². The van der Waals surface area contributed by atoms with Gasteiger partial charge in [0.15, 0.2) is 7.98 Å². The summed E-state index contributed by atoms with van der Waals surface area (Å²) in [6.07, 6.45) is 3.28. The molecule has 0 aromatic rings. The van der Waals surface area contributed by atoms with E-state index in [0.717, 1.165) is 26.0 Å². The fraction of sp³-hybridized carbons (Fsp3) is 1.00. The predicted molar refractivity (Wildman–Crippen MR) is 53.3 cm³/mol. The van der Waals surface area contributed by atoms with E-state index in [1.165, 1.54) is 6.42 Å². The van der Waals surface area contributed by atoms with Crippen LogP contribution in [0.1, 0.15) is 40.0 Å². The predicted octanol–water partition coefficient (Wildman–Crippen LogP) is 1.64. The minimum atomic E-state index is -0.0401. The molecule has 0 rings (SSSR count). The Balaban J connectivity index is 3.42. The monoisotopic (exact) mass is 169 g/mol. The molecule has 1 N–H and O–H groups in total. The standard InChI is InChI=1S/C9H20BNO/c1-4-5-8-12-9(2,3)6-7-11-10/h11H,4-8H2,1-3H3. The quantitative estimate of drug-likeness (QED) is 0.462. The largest absolute Gasteiger partial charge is 0.376 e. The molecule has 0 fully saturated rings. The third kappa shape index (κ3) is 6.68. The van der Waals surface area contributed by atoms with Crippen LogP contribution in [-0.4, -0.2) is 26.7 Å². The number of hydrogen-bond acceptors (Lipinski definition) is 2. The van der Waals surface area contributed by atoms with Crippen LogP contribution < -0.4 is 5.23 Å². The molecule has 0 bridgehead atoms. The molecule has 0 aliphatic heterocycles. The van der Waals surface area contributed by atoms with E-state index in [1.807, 2.05) is 0 Å². The van der Waals surface area contributed by atoms with Gasteiger partial charge in [-0.1, -0.05) is 13.3 Å². The Bertz CT molecular complexity index is 107. The Morgan fingerprint density at radius 3 is 2.58 bits per heavy atom. The summed E-state index contributed by atoms with van der Waals surface area (Å²) in [4.78, 5) is 0. The first-order valence-electron chi connectivity index (χ1n) is 4.70. The van der Waals surface area contributed by atoms with Crippen molar-refractivity contribution in [3.63, 3.8) is 0 Å². The minimum Gasteiger partial charge on any atom is -0.376 e. The van der Waals surface area contributed by atoms with Gasteiger partial charge < -0.3 is 9.96 Å². The van der Waals surface area contributed by atoms with Crippen LogP contribution in [0.4, 0.5) is 0 Å². The first-order chi connectivity index (χ1) is 5.62. The second-order valence-corrected chi connectivity index (χ2v) is 3.67. The molecule has 0 saturated heterocycles. The van der Waals surface area contributed by atoms with Gasteiger partial charge in [-0.2, -0.15) is 0 Å². The summed E-state index contributed by atoms with van der Waals surface area (Å²) in [5.74, 6) is 0. The summed E-state index contributed by atoms with van der Waals surface area (Å²) < 4.78 is 5.68. The zero-order chi connectivity index (χ0) is 9.45. The molecule has 0 atom stereocenters. The van der Waals surface area contributed by atoms with Crippen LogP contribution in [0.25, 0.3) is 0 Å². The average Bonchev–Trinajstić information content (AvgIpc) is 2.01. The zero-order valence-electron chi connectivity index (χ0n) is 8.52. The summed E-state index contributed by atoms with van der Waals surface area (Å²) >= 11 is 0. The maximum absolute atomic E-state index is 5.68. The molecule has 12 heavy (non-hydrogen) atoms. The number of hydrogen-bond donors (Lipinski definition) is 1. The van der Waals surface area contributed by atoms with Crippen LogP contribution in [-0.2, 0) is 4.74 Å². The lowest BCUT2D eigenvalue weighted by Gasteiger charge is -2.25. The van der Waals surface area contributed by atoms with Crippen molar-refractivity contribution in [2.45, 2.75) is 45.6 Å². The molecule has 3 heteroatoms. The van der Waals surface area contributed by atoms with Crippen LogP contribution >= 0.6 is 0 Å². The summed E-state index contributed by atoms with van der Waals surface area (Å²) in [5, 5.41) is 2.63. The van der Waals surface area contributed by atoms with Crippen molar-refractivity contribution < 1.29 is 4.74 Å². The molecule has 70 valence electrons. The molecule has 0 aliphatic rings. The highest BCUT2D eigenvalue weighted by molar-refractivity contribution is 6.04. The first-order valence-corrected chi connectivity index (χ1v) is 4.70. The molecule has 0 aliphatic carbocycles. The number of rotatable bonds is 7. The van der Waals surface area contributed by atoms with Crippen molar-refractivity contribution in [1.29, 1.82) is 0 Å². The van der Waals surface area contributed by atoms with Gasteiger partial charge in [0.25, 0.3) is 0 Å². The molecule has 0 unspecified atom stereocenters. The van der Waals surface area contributed by atoms with Crippen molar-refractivity contribution in [1.82, 2.24) is 5.23 Å². The lowest BCUT2D eigenvalue weighted by atomic mass is 10.0. The van der Waals surface area contributed by atoms with Gasteiger partial charge in [-0.25, -0.2) is 0 Å². The van der Waals surface area contributed by atoms with E-state index in [-0.39, 0.29) is 5.60 Å². The van der Waals surface area contributed by atoms with Gasteiger partial charge in [0.05, 0.1) is 5.60 Å². The average molecular weight is 169 g/mol. The molecule has 0 spiro atoms. The van der Waals surface area contributed by atoms with E-state index in [9.17, 15) is 0 Å². The maximum atomic E-state index is 5.68. The lowest BCUT2D eigenvalue weighted by Crippen LogP contribution is -2.29. The zero-order valence-corrected chi connectivity index (χ0v) is 8.52. The van der Waals surface area contributed by atoms with Crippen LogP contribution in [0.5, 0.6) is 0 Å². The molecule has 0 amide bonds. The Labute approximate surface area is 77.5 Å². The second kappa shape index (κ2) is 6.50. The third-order valence-electron chi connectivity index (χ3n) is 1.86. The van der Waals surface area contributed by atoms with E-state index in [2.05, 4.69) is 26.0 Å². The highest BCUT2D eigenvalue weighted by atomic mass is 16.5. The van der Waals surface area contributed by atoms with E-state index in [0.29, 0.717) is 0 Å². The normalized spacial score (nSPS) is 11.9. The van der Waals surface area contributed by atoms with Crippen molar-refractivity contribution in [2.75, 3.05) is 13.2 Å². The summed E-state index contributed by atoms with van der Waals surface area (Å²) in [6.45, 7) is 8.02. The van der Waals surface area contributed by atoms with E-state index >= 15 is 0 Å². The van der Waals surface area contributed by atoms with Gasteiger partial charge in [0, 0.05) is 6.61 Å².